The molecule has 3 heteroatoms. The number of nitrogens with zero attached hydrogens (tertiary/aromatic N) is 1. The SMILES string of the molecule is Cc1ccccc1C(CN)COc1cccnc1. The summed E-state index contributed by atoms with van der Waals surface area (Å²) in [6, 6.07) is 12.0. The summed E-state index contributed by atoms with van der Waals surface area (Å²) in [5, 5.41) is 0. The standard InChI is InChI=1S/C15H18N2O/c1-12-5-2-3-7-15(12)13(9-16)11-18-14-6-4-8-17-10-14/h2-8,10,13H,9,11,16H2,1H3. The van der Waals surface area contributed by atoms with Gasteiger partial charge in [-0.1, -0.05) is 24.3 Å². The van der Waals surface area contributed by atoms with Crippen molar-refractivity contribution in [3.63, 3.8) is 0 Å². The largest absolute Gasteiger partial charge is 0.491 e. The zero-order chi connectivity index (χ0) is 12.8. The maximum Gasteiger partial charge on any atom is 0.137 e. The summed E-state index contributed by atoms with van der Waals surface area (Å²) in [5.41, 5.74) is 8.35. The number of aryl methyl sites for hydroxylation is 1. The summed E-state index contributed by atoms with van der Waals surface area (Å²) in [6.45, 7) is 3.25. The van der Waals surface area contributed by atoms with E-state index >= 15 is 0 Å². The molecule has 1 atom stereocenters. The van der Waals surface area contributed by atoms with Crippen molar-refractivity contribution in [2.75, 3.05) is 13.2 Å². The molecule has 2 rings (SSSR count). The quantitative estimate of drug-likeness (QED) is 0.876. The highest BCUT2D eigenvalue weighted by atomic mass is 16.5. The van der Waals surface area contributed by atoms with Crippen molar-refractivity contribution in [1.82, 2.24) is 4.98 Å². The Hall–Kier alpha value is -1.87. The molecule has 0 aliphatic heterocycles. The minimum Gasteiger partial charge on any atom is -0.491 e. The van der Waals surface area contributed by atoms with E-state index in [9.17, 15) is 0 Å². The van der Waals surface area contributed by atoms with Gasteiger partial charge in [-0.25, -0.2) is 0 Å². The highest BCUT2D eigenvalue weighted by Crippen LogP contribution is 2.20. The van der Waals surface area contributed by atoms with E-state index < -0.39 is 0 Å². The van der Waals surface area contributed by atoms with Gasteiger partial charge in [0, 0.05) is 18.7 Å². The summed E-state index contributed by atoms with van der Waals surface area (Å²) in [4.78, 5) is 4.02. The Labute approximate surface area is 108 Å². The molecule has 2 N–H and O–H groups in total. The predicted molar refractivity (Wildman–Crippen MR) is 72.7 cm³/mol. The first kappa shape index (κ1) is 12.6. The van der Waals surface area contributed by atoms with E-state index in [2.05, 4.69) is 24.0 Å². The van der Waals surface area contributed by atoms with Gasteiger partial charge in [0.05, 0.1) is 12.8 Å². The van der Waals surface area contributed by atoms with E-state index in [0.717, 1.165) is 5.75 Å². The lowest BCUT2D eigenvalue weighted by Gasteiger charge is -2.18. The summed E-state index contributed by atoms with van der Waals surface area (Å²) < 4.78 is 5.73. The van der Waals surface area contributed by atoms with Gasteiger partial charge in [-0.15, -0.1) is 0 Å². The molecule has 18 heavy (non-hydrogen) atoms. The Morgan fingerprint density at radius 3 is 2.72 bits per heavy atom. The molecule has 2 aromatic rings. The number of hydrogen-bond acceptors (Lipinski definition) is 3. The van der Waals surface area contributed by atoms with Gasteiger partial charge in [-0.05, 0) is 30.2 Å². The Balaban J connectivity index is 2.04. The molecule has 0 fully saturated rings. The van der Waals surface area contributed by atoms with E-state index in [4.69, 9.17) is 10.5 Å². The Kier molecular flexibility index (Phi) is 4.31. The van der Waals surface area contributed by atoms with Crippen molar-refractivity contribution in [2.24, 2.45) is 5.73 Å². The highest BCUT2D eigenvalue weighted by molar-refractivity contribution is 5.29. The smallest absolute Gasteiger partial charge is 0.137 e. The fraction of sp³-hybridized carbons (Fsp3) is 0.267. The van der Waals surface area contributed by atoms with Crippen LogP contribution in [-0.4, -0.2) is 18.1 Å². The first-order valence-electron chi connectivity index (χ1n) is 6.09. The average molecular weight is 242 g/mol. The van der Waals surface area contributed by atoms with E-state index in [1.165, 1.54) is 11.1 Å². The number of rotatable bonds is 5. The lowest BCUT2D eigenvalue weighted by atomic mass is 9.96. The van der Waals surface area contributed by atoms with Crippen molar-refractivity contribution >= 4 is 0 Å². The molecule has 1 unspecified atom stereocenters. The van der Waals surface area contributed by atoms with Gasteiger partial charge in [0.1, 0.15) is 5.75 Å². The monoisotopic (exact) mass is 242 g/mol. The molecule has 0 saturated heterocycles. The summed E-state index contributed by atoms with van der Waals surface area (Å²) in [6.07, 6.45) is 3.44. The van der Waals surface area contributed by atoms with Crippen LogP contribution < -0.4 is 10.5 Å². The molecule has 3 nitrogen and oxygen atoms in total. The van der Waals surface area contributed by atoms with Crippen LogP contribution in [0.2, 0.25) is 0 Å². The fourth-order valence-corrected chi connectivity index (χ4v) is 1.96. The van der Waals surface area contributed by atoms with Crippen LogP contribution in [0.3, 0.4) is 0 Å². The van der Waals surface area contributed by atoms with Gasteiger partial charge >= 0.3 is 0 Å². The maximum absolute atomic E-state index is 5.84. The van der Waals surface area contributed by atoms with Crippen molar-refractivity contribution in [3.05, 3.63) is 59.9 Å². The van der Waals surface area contributed by atoms with Crippen molar-refractivity contribution < 1.29 is 4.74 Å². The minimum absolute atomic E-state index is 0.214. The first-order valence-corrected chi connectivity index (χ1v) is 6.09. The second-order valence-corrected chi connectivity index (χ2v) is 4.29. The third-order valence-electron chi connectivity index (χ3n) is 3.00. The van der Waals surface area contributed by atoms with Crippen molar-refractivity contribution in [2.45, 2.75) is 12.8 Å². The number of nitrogens with two attached hydrogens (primary N) is 1. The van der Waals surface area contributed by atoms with E-state index in [1.807, 2.05) is 24.3 Å². The van der Waals surface area contributed by atoms with Crippen molar-refractivity contribution in [1.29, 1.82) is 0 Å². The number of benzene rings is 1. The van der Waals surface area contributed by atoms with Gasteiger partial charge in [0.15, 0.2) is 0 Å². The molecule has 0 aliphatic carbocycles. The molecule has 1 aromatic carbocycles. The third-order valence-corrected chi connectivity index (χ3v) is 3.00. The Morgan fingerprint density at radius 2 is 2.06 bits per heavy atom. The molecule has 0 spiro atoms. The molecule has 0 bridgehead atoms. The van der Waals surface area contributed by atoms with E-state index in [-0.39, 0.29) is 5.92 Å². The number of pyridine rings is 1. The van der Waals surface area contributed by atoms with Crippen LogP contribution in [0.1, 0.15) is 17.0 Å². The maximum atomic E-state index is 5.84. The second-order valence-electron chi connectivity index (χ2n) is 4.29. The fourth-order valence-electron chi connectivity index (χ4n) is 1.96. The molecule has 1 aromatic heterocycles. The topological polar surface area (TPSA) is 48.1 Å². The molecule has 0 saturated carbocycles. The summed E-state index contributed by atoms with van der Waals surface area (Å²) in [7, 11) is 0. The molecular formula is C15H18N2O. The predicted octanol–water partition coefficient (Wildman–Crippen LogP) is 2.51. The molecule has 1 heterocycles. The van der Waals surface area contributed by atoms with Crippen LogP contribution in [0, 0.1) is 6.92 Å². The van der Waals surface area contributed by atoms with Gasteiger partial charge in [-0.3, -0.25) is 4.98 Å². The summed E-state index contributed by atoms with van der Waals surface area (Å²) >= 11 is 0. The number of hydrogen-bond donors (Lipinski definition) is 1. The van der Waals surface area contributed by atoms with Gasteiger partial charge in [0.2, 0.25) is 0 Å². The minimum atomic E-state index is 0.214. The lowest BCUT2D eigenvalue weighted by Crippen LogP contribution is -2.20. The van der Waals surface area contributed by atoms with Gasteiger partial charge in [0.25, 0.3) is 0 Å². The van der Waals surface area contributed by atoms with Gasteiger partial charge in [-0.2, -0.15) is 0 Å². The Morgan fingerprint density at radius 1 is 1.22 bits per heavy atom. The number of ether oxygens (including phenoxy) is 1. The Bertz CT molecular complexity index is 485. The zero-order valence-electron chi connectivity index (χ0n) is 10.5. The van der Waals surface area contributed by atoms with Crippen LogP contribution in [0.15, 0.2) is 48.8 Å². The second kappa shape index (κ2) is 6.17. The number of aromatic nitrogens is 1. The average Bonchev–Trinajstić information content (AvgIpc) is 2.42. The molecular weight excluding hydrogens is 224 g/mol. The molecule has 0 radical (unpaired) electrons. The lowest BCUT2D eigenvalue weighted by molar-refractivity contribution is 0.289. The zero-order valence-corrected chi connectivity index (χ0v) is 10.5. The first-order chi connectivity index (χ1) is 8.81. The normalized spacial score (nSPS) is 12.1. The third kappa shape index (κ3) is 3.08. The van der Waals surface area contributed by atoms with Crippen LogP contribution in [0.4, 0.5) is 0 Å². The molecule has 0 amide bonds. The van der Waals surface area contributed by atoms with Crippen molar-refractivity contribution in [3.8, 4) is 5.75 Å². The van der Waals surface area contributed by atoms with E-state index in [0.29, 0.717) is 13.2 Å². The van der Waals surface area contributed by atoms with E-state index in [1.54, 1.807) is 12.4 Å². The molecule has 94 valence electrons. The van der Waals surface area contributed by atoms with Crippen LogP contribution in [0.5, 0.6) is 5.75 Å². The summed E-state index contributed by atoms with van der Waals surface area (Å²) in [5.74, 6) is 0.996. The van der Waals surface area contributed by atoms with Crippen LogP contribution in [-0.2, 0) is 0 Å². The van der Waals surface area contributed by atoms with Crippen LogP contribution >= 0.6 is 0 Å². The van der Waals surface area contributed by atoms with Crippen LogP contribution in [0.25, 0.3) is 0 Å². The highest BCUT2D eigenvalue weighted by Gasteiger charge is 2.12. The molecule has 0 aliphatic rings. The van der Waals surface area contributed by atoms with Gasteiger partial charge < -0.3 is 10.5 Å².